The summed E-state index contributed by atoms with van der Waals surface area (Å²) in [4.78, 5) is 24.0. The standard InChI is InChI=1S/C17H17NO3/c1-21-16(19)12-15(13-8-4-2-5-9-13)17(20)18-14-10-6-3-7-11-14/h2-11,15H,12H2,1H3,(H,18,20). The number of amides is 1. The summed E-state index contributed by atoms with van der Waals surface area (Å²) in [7, 11) is 1.32. The quantitative estimate of drug-likeness (QED) is 0.858. The third-order valence-corrected chi connectivity index (χ3v) is 3.16. The van der Waals surface area contributed by atoms with Crippen molar-refractivity contribution in [1.82, 2.24) is 0 Å². The van der Waals surface area contributed by atoms with Crippen molar-refractivity contribution in [3.63, 3.8) is 0 Å². The number of anilines is 1. The van der Waals surface area contributed by atoms with E-state index in [0.717, 1.165) is 5.56 Å². The molecule has 1 atom stereocenters. The van der Waals surface area contributed by atoms with Crippen LogP contribution in [0.2, 0.25) is 0 Å². The van der Waals surface area contributed by atoms with Crippen LogP contribution in [0.1, 0.15) is 17.9 Å². The Morgan fingerprint density at radius 1 is 1.00 bits per heavy atom. The number of nitrogens with one attached hydrogen (secondary N) is 1. The van der Waals surface area contributed by atoms with Crippen molar-refractivity contribution in [2.24, 2.45) is 0 Å². The van der Waals surface area contributed by atoms with E-state index in [0.29, 0.717) is 5.69 Å². The zero-order valence-electron chi connectivity index (χ0n) is 11.8. The molecule has 0 aliphatic carbocycles. The van der Waals surface area contributed by atoms with E-state index in [1.54, 1.807) is 12.1 Å². The van der Waals surface area contributed by atoms with Gasteiger partial charge >= 0.3 is 5.97 Å². The number of carbonyl (C=O) groups excluding carboxylic acids is 2. The number of hydrogen-bond donors (Lipinski definition) is 1. The van der Waals surface area contributed by atoms with Crippen LogP contribution in [0.15, 0.2) is 60.7 Å². The number of benzene rings is 2. The van der Waals surface area contributed by atoms with E-state index in [4.69, 9.17) is 0 Å². The Kier molecular flexibility index (Phi) is 5.10. The molecule has 0 saturated heterocycles. The van der Waals surface area contributed by atoms with Crippen LogP contribution in [0.25, 0.3) is 0 Å². The molecule has 2 aromatic rings. The van der Waals surface area contributed by atoms with E-state index in [-0.39, 0.29) is 12.3 Å². The molecule has 21 heavy (non-hydrogen) atoms. The van der Waals surface area contributed by atoms with Crippen LogP contribution >= 0.6 is 0 Å². The fourth-order valence-electron chi connectivity index (χ4n) is 2.05. The Morgan fingerprint density at radius 3 is 2.14 bits per heavy atom. The van der Waals surface area contributed by atoms with Crippen molar-refractivity contribution in [2.45, 2.75) is 12.3 Å². The molecule has 0 aliphatic rings. The maximum Gasteiger partial charge on any atom is 0.306 e. The number of para-hydroxylation sites is 1. The lowest BCUT2D eigenvalue weighted by Gasteiger charge is -2.16. The van der Waals surface area contributed by atoms with Gasteiger partial charge in [0.05, 0.1) is 19.4 Å². The maximum atomic E-state index is 12.4. The fraction of sp³-hybridized carbons (Fsp3) is 0.176. The molecule has 4 heteroatoms. The molecule has 0 saturated carbocycles. The summed E-state index contributed by atoms with van der Waals surface area (Å²) in [6.07, 6.45) is 0.0131. The van der Waals surface area contributed by atoms with E-state index in [1.165, 1.54) is 7.11 Å². The largest absolute Gasteiger partial charge is 0.469 e. The highest BCUT2D eigenvalue weighted by Gasteiger charge is 2.24. The van der Waals surface area contributed by atoms with E-state index in [2.05, 4.69) is 10.1 Å². The lowest BCUT2D eigenvalue weighted by atomic mass is 9.94. The number of rotatable bonds is 5. The second-order valence-electron chi connectivity index (χ2n) is 4.60. The third-order valence-electron chi connectivity index (χ3n) is 3.16. The molecule has 0 heterocycles. The molecular formula is C17H17NO3. The predicted molar refractivity (Wildman–Crippen MR) is 80.9 cm³/mol. The van der Waals surface area contributed by atoms with Crippen LogP contribution < -0.4 is 5.32 Å². The zero-order valence-corrected chi connectivity index (χ0v) is 11.8. The topological polar surface area (TPSA) is 55.4 Å². The minimum atomic E-state index is -0.571. The number of esters is 1. The van der Waals surface area contributed by atoms with Crippen LogP contribution in [0.3, 0.4) is 0 Å². The van der Waals surface area contributed by atoms with E-state index < -0.39 is 11.9 Å². The summed E-state index contributed by atoms with van der Waals surface area (Å²) >= 11 is 0. The predicted octanol–water partition coefficient (Wildman–Crippen LogP) is 2.97. The number of ether oxygens (including phenoxy) is 1. The average Bonchev–Trinajstić information content (AvgIpc) is 2.54. The van der Waals surface area contributed by atoms with Crippen molar-refractivity contribution in [2.75, 3.05) is 12.4 Å². The van der Waals surface area contributed by atoms with Gasteiger partial charge in [0.25, 0.3) is 0 Å². The number of carbonyl (C=O) groups is 2. The Bertz CT molecular complexity index is 596. The Hall–Kier alpha value is -2.62. The SMILES string of the molecule is COC(=O)CC(C(=O)Nc1ccccc1)c1ccccc1. The van der Waals surface area contributed by atoms with Gasteiger partial charge in [-0.3, -0.25) is 9.59 Å². The van der Waals surface area contributed by atoms with E-state index >= 15 is 0 Å². The molecule has 0 spiro atoms. The first-order valence-electron chi connectivity index (χ1n) is 6.68. The van der Waals surface area contributed by atoms with Crippen LogP contribution in [-0.2, 0) is 14.3 Å². The van der Waals surface area contributed by atoms with Gasteiger partial charge in [-0.1, -0.05) is 48.5 Å². The van der Waals surface area contributed by atoms with E-state index in [1.807, 2.05) is 48.5 Å². The molecule has 0 aromatic heterocycles. The molecule has 2 aromatic carbocycles. The monoisotopic (exact) mass is 283 g/mol. The lowest BCUT2D eigenvalue weighted by Crippen LogP contribution is -2.24. The first-order valence-corrected chi connectivity index (χ1v) is 6.68. The molecule has 1 amide bonds. The first kappa shape index (κ1) is 14.8. The van der Waals surface area contributed by atoms with Crippen molar-refractivity contribution in [3.8, 4) is 0 Å². The highest BCUT2D eigenvalue weighted by molar-refractivity contribution is 5.97. The fourth-order valence-corrected chi connectivity index (χ4v) is 2.05. The molecule has 0 aliphatic heterocycles. The van der Waals surface area contributed by atoms with Gasteiger partial charge in [0.15, 0.2) is 0 Å². The Labute approximate surface area is 123 Å². The molecule has 0 bridgehead atoms. The lowest BCUT2D eigenvalue weighted by molar-refractivity contribution is -0.142. The molecule has 1 N–H and O–H groups in total. The minimum absolute atomic E-state index is 0.0131. The molecule has 0 fully saturated rings. The Morgan fingerprint density at radius 2 is 1.57 bits per heavy atom. The van der Waals surface area contributed by atoms with E-state index in [9.17, 15) is 9.59 Å². The highest BCUT2D eigenvalue weighted by Crippen LogP contribution is 2.22. The van der Waals surface area contributed by atoms with Gasteiger partial charge < -0.3 is 10.1 Å². The molecule has 0 radical (unpaired) electrons. The van der Waals surface area contributed by atoms with Gasteiger partial charge in [-0.2, -0.15) is 0 Å². The molecular weight excluding hydrogens is 266 g/mol. The van der Waals surface area contributed by atoms with Crippen LogP contribution in [0.5, 0.6) is 0 Å². The summed E-state index contributed by atoms with van der Waals surface area (Å²) in [6, 6.07) is 18.4. The van der Waals surface area contributed by atoms with Gasteiger partial charge in [-0.15, -0.1) is 0 Å². The highest BCUT2D eigenvalue weighted by atomic mass is 16.5. The summed E-state index contributed by atoms with van der Waals surface area (Å²) in [6.45, 7) is 0. The zero-order chi connectivity index (χ0) is 15.1. The van der Waals surface area contributed by atoms with Crippen LogP contribution in [0.4, 0.5) is 5.69 Å². The summed E-state index contributed by atoms with van der Waals surface area (Å²) in [5, 5.41) is 2.82. The maximum absolute atomic E-state index is 12.4. The normalized spacial score (nSPS) is 11.5. The number of hydrogen-bond acceptors (Lipinski definition) is 3. The molecule has 108 valence electrons. The van der Waals surface area contributed by atoms with Gasteiger partial charge in [0.1, 0.15) is 0 Å². The van der Waals surface area contributed by atoms with Crippen LogP contribution in [-0.4, -0.2) is 19.0 Å². The summed E-state index contributed by atoms with van der Waals surface area (Å²) < 4.78 is 4.68. The average molecular weight is 283 g/mol. The Balaban J connectivity index is 2.18. The third kappa shape index (κ3) is 4.18. The van der Waals surface area contributed by atoms with Crippen molar-refractivity contribution in [3.05, 3.63) is 66.2 Å². The molecule has 4 nitrogen and oxygen atoms in total. The van der Waals surface area contributed by atoms with Crippen molar-refractivity contribution < 1.29 is 14.3 Å². The second-order valence-corrected chi connectivity index (χ2v) is 4.60. The molecule has 2 rings (SSSR count). The first-order chi connectivity index (χ1) is 10.2. The number of methoxy groups -OCH3 is 1. The minimum Gasteiger partial charge on any atom is -0.469 e. The van der Waals surface area contributed by atoms with Crippen molar-refractivity contribution in [1.29, 1.82) is 0 Å². The van der Waals surface area contributed by atoms with Gasteiger partial charge in [0.2, 0.25) is 5.91 Å². The van der Waals surface area contributed by atoms with Gasteiger partial charge in [-0.25, -0.2) is 0 Å². The van der Waals surface area contributed by atoms with Crippen molar-refractivity contribution >= 4 is 17.6 Å². The second kappa shape index (κ2) is 7.24. The molecule has 1 unspecified atom stereocenters. The van der Waals surface area contributed by atoms with Crippen LogP contribution in [0, 0.1) is 0 Å². The smallest absolute Gasteiger partial charge is 0.306 e. The van der Waals surface area contributed by atoms with Gasteiger partial charge in [0, 0.05) is 5.69 Å². The summed E-state index contributed by atoms with van der Waals surface area (Å²) in [5.74, 6) is -1.20. The summed E-state index contributed by atoms with van der Waals surface area (Å²) in [5.41, 5.74) is 1.49. The van der Waals surface area contributed by atoms with Gasteiger partial charge in [-0.05, 0) is 17.7 Å².